The van der Waals surface area contributed by atoms with Crippen LogP contribution in [-0.4, -0.2) is 43.0 Å². The number of aliphatic hydroxyl groups is 1. The molecule has 0 saturated carbocycles. The normalized spacial score (nSPS) is 12.2. The zero-order valence-corrected chi connectivity index (χ0v) is 16.2. The molecule has 0 aliphatic rings. The van der Waals surface area contributed by atoms with Crippen molar-refractivity contribution in [2.24, 2.45) is 0 Å². The lowest BCUT2D eigenvalue weighted by molar-refractivity contribution is 0.120. The number of halogens is 3. The number of benzene rings is 1. The van der Waals surface area contributed by atoms with Crippen LogP contribution in [0.25, 0.3) is 22.3 Å². The van der Waals surface area contributed by atoms with E-state index in [9.17, 15) is 13.9 Å². The zero-order valence-electron chi connectivity index (χ0n) is 15.4. The van der Waals surface area contributed by atoms with E-state index in [0.717, 1.165) is 12.1 Å². The van der Waals surface area contributed by atoms with E-state index >= 15 is 0 Å². The highest BCUT2D eigenvalue weighted by atomic mass is 35.5. The summed E-state index contributed by atoms with van der Waals surface area (Å²) in [5, 5.41) is 17.1. The summed E-state index contributed by atoms with van der Waals surface area (Å²) >= 11 is 6.27. The van der Waals surface area contributed by atoms with Gasteiger partial charge in [0.25, 0.3) is 0 Å². The molecule has 30 heavy (non-hydrogen) atoms. The second-order valence-electron chi connectivity index (χ2n) is 6.33. The van der Waals surface area contributed by atoms with Gasteiger partial charge in [-0.25, -0.2) is 18.7 Å². The topological polar surface area (TPSA) is 106 Å². The Morgan fingerprint density at radius 3 is 2.80 bits per heavy atom. The van der Waals surface area contributed by atoms with E-state index in [2.05, 4.69) is 25.1 Å². The van der Waals surface area contributed by atoms with Crippen molar-refractivity contribution < 1.29 is 23.4 Å². The number of aromatic amines is 1. The van der Waals surface area contributed by atoms with Gasteiger partial charge in [-0.15, -0.1) is 0 Å². The molecule has 0 radical (unpaired) electrons. The van der Waals surface area contributed by atoms with Crippen molar-refractivity contribution in [2.45, 2.75) is 13.0 Å². The quantitative estimate of drug-likeness (QED) is 0.475. The molecule has 1 unspecified atom stereocenters. The monoisotopic (exact) mass is 433 g/mol. The first-order valence-corrected chi connectivity index (χ1v) is 9.09. The molecule has 8 nitrogen and oxygen atoms in total. The van der Waals surface area contributed by atoms with Crippen LogP contribution in [0.5, 0.6) is 17.6 Å². The fourth-order valence-corrected chi connectivity index (χ4v) is 2.79. The van der Waals surface area contributed by atoms with Crippen molar-refractivity contribution >= 4 is 22.6 Å². The summed E-state index contributed by atoms with van der Waals surface area (Å²) in [6, 6.07) is 4.33. The molecule has 0 bridgehead atoms. The van der Waals surface area contributed by atoms with E-state index in [1.54, 1.807) is 13.0 Å². The molecule has 0 spiro atoms. The van der Waals surface area contributed by atoms with Crippen LogP contribution < -0.4 is 9.47 Å². The number of aliphatic hydroxyl groups excluding tert-OH is 1. The van der Waals surface area contributed by atoms with E-state index < -0.39 is 17.7 Å². The molecule has 0 fully saturated rings. The minimum absolute atomic E-state index is 0.0710. The van der Waals surface area contributed by atoms with Crippen LogP contribution in [0.2, 0.25) is 5.02 Å². The molecule has 1 aromatic carbocycles. The van der Waals surface area contributed by atoms with Gasteiger partial charge in [0.15, 0.2) is 17.2 Å². The van der Waals surface area contributed by atoms with E-state index in [1.807, 2.05) is 0 Å². The second kappa shape index (κ2) is 8.17. The molecule has 3 aromatic heterocycles. The molecule has 0 aliphatic carbocycles. The predicted molar refractivity (Wildman–Crippen MR) is 104 cm³/mol. The summed E-state index contributed by atoms with van der Waals surface area (Å²) in [6.45, 7) is 1.66. The lowest BCUT2D eigenvalue weighted by Crippen LogP contribution is -2.13. The fraction of sp³-hybridized carbons (Fsp3) is 0.158. The summed E-state index contributed by atoms with van der Waals surface area (Å²) in [5.41, 5.74) is 1.30. The van der Waals surface area contributed by atoms with Gasteiger partial charge in [-0.1, -0.05) is 11.6 Å². The Morgan fingerprint density at radius 2 is 2.03 bits per heavy atom. The summed E-state index contributed by atoms with van der Waals surface area (Å²) in [7, 11) is 0. The molecule has 2 N–H and O–H groups in total. The fourth-order valence-electron chi connectivity index (χ4n) is 2.59. The Morgan fingerprint density at radius 1 is 1.20 bits per heavy atom. The molecule has 4 aromatic rings. The molecule has 11 heteroatoms. The summed E-state index contributed by atoms with van der Waals surface area (Å²) in [6.07, 6.45) is 2.19. The largest absolute Gasteiger partial charge is 0.475 e. The van der Waals surface area contributed by atoms with Gasteiger partial charge in [0, 0.05) is 23.9 Å². The van der Waals surface area contributed by atoms with Crippen LogP contribution in [0.4, 0.5) is 8.78 Å². The predicted octanol–water partition coefficient (Wildman–Crippen LogP) is 3.90. The maximum Gasteiger partial charge on any atom is 0.324 e. The SMILES string of the molecule is CC(O)COc1cc(-c2[nH]nc3nc(Oc4ccc(F)cc4F)ncc23)c(Cl)cn1. The Kier molecular flexibility index (Phi) is 5.42. The van der Waals surface area contributed by atoms with E-state index in [1.165, 1.54) is 12.4 Å². The minimum atomic E-state index is -0.880. The van der Waals surface area contributed by atoms with Crippen molar-refractivity contribution in [1.82, 2.24) is 25.1 Å². The number of H-pyrrole nitrogens is 1. The van der Waals surface area contributed by atoms with E-state index in [0.29, 0.717) is 27.7 Å². The third kappa shape index (κ3) is 4.14. The number of aromatic nitrogens is 5. The highest BCUT2D eigenvalue weighted by molar-refractivity contribution is 6.33. The third-order valence-corrected chi connectivity index (χ3v) is 4.26. The van der Waals surface area contributed by atoms with Gasteiger partial charge in [0.1, 0.15) is 12.4 Å². The summed E-state index contributed by atoms with van der Waals surface area (Å²) in [4.78, 5) is 12.3. The van der Waals surface area contributed by atoms with Crippen LogP contribution >= 0.6 is 11.6 Å². The molecule has 0 amide bonds. The average Bonchev–Trinajstić information content (AvgIpc) is 3.12. The Balaban J connectivity index is 1.65. The maximum atomic E-state index is 13.8. The molecular weight excluding hydrogens is 420 g/mol. The average molecular weight is 434 g/mol. The van der Waals surface area contributed by atoms with Gasteiger partial charge >= 0.3 is 6.01 Å². The number of nitrogens with one attached hydrogen (secondary N) is 1. The molecule has 0 aliphatic heterocycles. The Hall–Kier alpha value is -3.37. The molecule has 154 valence electrons. The van der Waals surface area contributed by atoms with Crippen molar-refractivity contribution in [2.75, 3.05) is 6.61 Å². The highest BCUT2D eigenvalue weighted by Gasteiger charge is 2.16. The molecule has 4 rings (SSSR count). The van der Waals surface area contributed by atoms with Crippen molar-refractivity contribution in [3.8, 4) is 28.9 Å². The van der Waals surface area contributed by atoms with Gasteiger partial charge in [-0.05, 0) is 19.1 Å². The number of nitrogens with zero attached hydrogens (tertiary/aromatic N) is 4. The summed E-state index contributed by atoms with van der Waals surface area (Å²) < 4.78 is 37.5. The molecule has 0 saturated heterocycles. The van der Waals surface area contributed by atoms with Crippen LogP contribution in [0.1, 0.15) is 6.92 Å². The smallest absolute Gasteiger partial charge is 0.324 e. The van der Waals surface area contributed by atoms with E-state index in [-0.39, 0.29) is 29.9 Å². The van der Waals surface area contributed by atoms with Crippen LogP contribution in [0.3, 0.4) is 0 Å². The van der Waals surface area contributed by atoms with Crippen LogP contribution in [0, 0.1) is 11.6 Å². The standard InChI is InChI=1S/C19H14ClF2N5O3/c1-9(28)8-29-16-5-11(13(20)7-23-16)17-12-6-24-19(25-18(12)27-26-17)30-15-3-2-10(21)4-14(15)22/h2-7,9,28H,8H2,1H3,(H,24,25,26,27). The first-order valence-electron chi connectivity index (χ1n) is 8.71. The number of hydrogen-bond donors (Lipinski definition) is 2. The number of rotatable bonds is 6. The summed E-state index contributed by atoms with van der Waals surface area (Å²) in [5.74, 6) is -1.55. The molecule has 3 heterocycles. The third-order valence-electron chi connectivity index (χ3n) is 3.96. The number of fused-ring (bicyclic) bond motifs is 1. The lowest BCUT2D eigenvalue weighted by atomic mass is 10.1. The van der Waals surface area contributed by atoms with E-state index in [4.69, 9.17) is 21.1 Å². The Bertz CT molecular complexity index is 1220. The van der Waals surface area contributed by atoms with Gasteiger partial charge in [0.2, 0.25) is 5.88 Å². The van der Waals surface area contributed by atoms with Gasteiger partial charge < -0.3 is 14.6 Å². The van der Waals surface area contributed by atoms with Gasteiger partial charge in [0.05, 0.1) is 28.4 Å². The number of ether oxygens (including phenoxy) is 2. The Labute approximate surface area is 173 Å². The maximum absolute atomic E-state index is 13.8. The first-order chi connectivity index (χ1) is 14.4. The lowest BCUT2D eigenvalue weighted by Gasteiger charge is -2.09. The first kappa shape index (κ1) is 19.9. The van der Waals surface area contributed by atoms with Crippen molar-refractivity contribution in [3.05, 3.63) is 53.3 Å². The molecular formula is C19H14ClF2N5O3. The van der Waals surface area contributed by atoms with Crippen molar-refractivity contribution in [1.29, 1.82) is 0 Å². The highest BCUT2D eigenvalue weighted by Crippen LogP contribution is 2.33. The number of pyridine rings is 1. The van der Waals surface area contributed by atoms with Gasteiger partial charge in [-0.2, -0.15) is 10.1 Å². The van der Waals surface area contributed by atoms with Crippen LogP contribution in [-0.2, 0) is 0 Å². The number of hydrogen-bond acceptors (Lipinski definition) is 7. The second-order valence-corrected chi connectivity index (χ2v) is 6.73. The van der Waals surface area contributed by atoms with Crippen molar-refractivity contribution in [3.63, 3.8) is 0 Å². The van der Waals surface area contributed by atoms with Gasteiger partial charge in [-0.3, -0.25) is 5.10 Å². The zero-order chi connectivity index (χ0) is 21.3. The molecule has 1 atom stereocenters. The minimum Gasteiger partial charge on any atom is -0.475 e. The van der Waals surface area contributed by atoms with Crippen LogP contribution in [0.15, 0.2) is 36.7 Å².